The van der Waals surface area contributed by atoms with E-state index in [0.717, 1.165) is 22.6 Å². The molecule has 2 aromatic carbocycles. The third-order valence-corrected chi connectivity index (χ3v) is 2.56. The molecule has 0 bridgehead atoms. The Kier molecular flexibility index (Phi) is 3.66. The van der Waals surface area contributed by atoms with Gasteiger partial charge < -0.3 is 9.47 Å². The fourth-order valence-electron chi connectivity index (χ4n) is 1.63. The summed E-state index contributed by atoms with van der Waals surface area (Å²) < 4.78 is 11.0. The quantitative estimate of drug-likeness (QED) is 0.796. The predicted octanol–water partition coefficient (Wildman–Crippen LogP) is 3.58. The van der Waals surface area contributed by atoms with Crippen molar-refractivity contribution in [3.63, 3.8) is 0 Å². The molecule has 0 spiro atoms. The molecule has 2 heteroatoms. The highest BCUT2D eigenvalue weighted by Crippen LogP contribution is 2.28. The van der Waals surface area contributed by atoms with Gasteiger partial charge in [-0.2, -0.15) is 0 Å². The monoisotopic (exact) mass is 228 g/mol. The zero-order chi connectivity index (χ0) is 12.1. The molecule has 0 amide bonds. The second kappa shape index (κ2) is 5.39. The number of rotatable bonds is 4. The molecule has 0 aliphatic heterocycles. The maximum absolute atomic E-state index is 5.74. The Labute approximate surface area is 102 Å². The van der Waals surface area contributed by atoms with E-state index in [1.54, 1.807) is 7.11 Å². The minimum Gasteiger partial charge on any atom is -0.493 e. The van der Waals surface area contributed by atoms with Gasteiger partial charge in [-0.1, -0.05) is 36.4 Å². The first-order valence-corrected chi connectivity index (χ1v) is 5.61. The maximum Gasteiger partial charge on any atom is 0.161 e. The fourth-order valence-corrected chi connectivity index (χ4v) is 1.63. The summed E-state index contributed by atoms with van der Waals surface area (Å²) in [5, 5.41) is 0. The van der Waals surface area contributed by atoms with Crippen molar-refractivity contribution < 1.29 is 9.47 Å². The van der Waals surface area contributed by atoms with Crippen LogP contribution < -0.4 is 9.47 Å². The predicted molar refractivity (Wildman–Crippen MR) is 68.5 cm³/mol. The average Bonchev–Trinajstić information content (AvgIpc) is 2.38. The van der Waals surface area contributed by atoms with Crippen LogP contribution in [0.4, 0.5) is 0 Å². The average molecular weight is 228 g/mol. The number of hydrogen-bond donors (Lipinski definition) is 0. The van der Waals surface area contributed by atoms with E-state index in [0.29, 0.717) is 6.61 Å². The van der Waals surface area contributed by atoms with Gasteiger partial charge in [-0.15, -0.1) is 0 Å². The van der Waals surface area contributed by atoms with Gasteiger partial charge in [0.15, 0.2) is 11.5 Å². The molecule has 0 atom stereocenters. The SMILES string of the molecule is COc1cc(C)ccc1OCc1ccccc1. The van der Waals surface area contributed by atoms with Crippen molar-refractivity contribution in [1.29, 1.82) is 0 Å². The van der Waals surface area contributed by atoms with E-state index in [4.69, 9.17) is 9.47 Å². The molecule has 0 aliphatic carbocycles. The van der Waals surface area contributed by atoms with Gasteiger partial charge >= 0.3 is 0 Å². The van der Waals surface area contributed by atoms with Crippen LogP contribution in [0.1, 0.15) is 11.1 Å². The van der Waals surface area contributed by atoms with Crippen LogP contribution in [0.25, 0.3) is 0 Å². The van der Waals surface area contributed by atoms with Crippen LogP contribution in [0, 0.1) is 6.92 Å². The molecule has 2 aromatic rings. The van der Waals surface area contributed by atoms with Gasteiger partial charge in [-0.25, -0.2) is 0 Å². The van der Waals surface area contributed by atoms with Gasteiger partial charge in [0.2, 0.25) is 0 Å². The van der Waals surface area contributed by atoms with E-state index >= 15 is 0 Å². The molecule has 0 aromatic heterocycles. The Balaban J connectivity index is 2.09. The number of ether oxygens (including phenoxy) is 2. The summed E-state index contributed by atoms with van der Waals surface area (Å²) in [5.41, 5.74) is 2.31. The molecular formula is C15H16O2. The summed E-state index contributed by atoms with van der Waals surface area (Å²) in [5.74, 6) is 1.56. The molecule has 0 aliphatic rings. The highest BCUT2D eigenvalue weighted by molar-refractivity contribution is 5.42. The normalized spacial score (nSPS) is 10.0. The molecule has 2 rings (SSSR count). The molecule has 0 saturated carbocycles. The van der Waals surface area contributed by atoms with Gasteiger partial charge in [0, 0.05) is 0 Å². The third kappa shape index (κ3) is 3.00. The van der Waals surface area contributed by atoms with Crippen LogP contribution in [0.2, 0.25) is 0 Å². The van der Waals surface area contributed by atoms with Crippen LogP contribution in [-0.2, 0) is 6.61 Å². The summed E-state index contributed by atoms with van der Waals surface area (Å²) in [6, 6.07) is 16.0. The Morgan fingerprint density at radius 3 is 2.41 bits per heavy atom. The minimum atomic E-state index is 0.556. The van der Waals surface area contributed by atoms with Crippen molar-refractivity contribution >= 4 is 0 Å². The van der Waals surface area contributed by atoms with E-state index in [1.165, 1.54) is 0 Å². The topological polar surface area (TPSA) is 18.5 Å². The number of hydrogen-bond acceptors (Lipinski definition) is 2. The molecule has 0 saturated heterocycles. The lowest BCUT2D eigenvalue weighted by Gasteiger charge is -2.11. The maximum atomic E-state index is 5.74. The van der Waals surface area contributed by atoms with Crippen LogP contribution in [0.3, 0.4) is 0 Å². The second-order valence-electron chi connectivity index (χ2n) is 3.93. The first-order chi connectivity index (χ1) is 8.29. The first kappa shape index (κ1) is 11.5. The summed E-state index contributed by atoms with van der Waals surface area (Å²) >= 11 is 0. The van der Waals surface area contributed by atoms with Gasteiger partial charge in [0.1, 0.15) is 6.61 Å². The Morgan fingerprint density at radius 2 is 1.71 bits per heavy atom. The lowest BCUT2D eigenvalue weighted by atomic mass is 10.2. The number of aryl methyl sites for hydroxylation is 1. The molecule has 2 nitrogen and oxygen atoms in total. The van der Waals surface area contributed by atoms with E-state index in [9.17, 15) is 0 Å². The first-order valence-electron chi connectivity index (χ1n) is 5.61. The summed E-state index contributed by atoms with van der Waals surface area (Å²) in [6.07, 6.45) is 0. The highest BCUT2D eigenvalue weighted by atomic mass is 16.5. The minimum absolute atomic E-state index is 0.556. The van der Waals surface area contributed by atoms with Crippen molar-refractivity contribution in [2.75, 3.05) is 7.11 Å². The lowest BCUT2D eigenvalue weighted by molar-refractivity contribution is 0.284. The van der Waals surface area contributed by atoms with Gasteiger partial charge in [-0.05, 0) is 30.2 Å². The lowest BCUT2D eigenvalue weighted by Crippen LogP contribution is -1.97. The molecule has 0 heterocycles. The fraction of sp³-hybridized carbons (Fsp3) is 0.200. The van der Waals surface area contributed by atoms with Crippen LogP contribution in [0.15, 0.2) is 48.5 Å². The second-order valence-corrected chi connectivity index (χ2v) is 3.93. The van der Waals surface area contributed by atoms with E-state index in [-0.39, 0.29) is 0 Å². The van der Waals surface area contributed by atoms with Crippen LogP contribution >= 0.6 is 0 Å². The third-order valence-electron chi connectivity index (χ3n) is 2.56. The van der Waals surface area contributed by atoms with Crippen LogP contribution in [-0.4, -0.2) is 7.11 Å². The van der Waals surface area contributed by atoms with Crippen molar-refractivity contribution in [2.45, 2.75) is 13.5 Å². The zero-order valence-corrected chi connectivity index (χ0v) is 10.1. The van der Waals surface area contributed by atoms with Crippen LogP contribution in [0.5, 0.6) is 11.5 Å². The van der Waals surface area contributed by atoms with Crippen molar-refractivity contribution in [2.24, 2.45) is 0 Å². The van der Waals surface area contributed by atoms with Gasteiger partial charge in [0.25, 0.3) is 0 Å². The summed E-state index contributed by atoms with van der Waals surface area (Å²) in [7, 11) is 1.66. The summed E-state index contributed by atoms with van der Waals surface area (Å²) in [6.45, 7) is 2.59. The van der Waals surface area contributed by atoms with Crippen molar-refractivity contribution in [3.05, 3.63) is 59.7 Å². The van der Waals surface area contributed by atoms with Crippen molar-refractivity contribution in [3.8, 4) is 11.5 Å². The van der Waals surface area contributed by atoms with Gasteiger partial charge in [-0.3, -0.25) is 0 Å². The zero-order valence-electron chi connectivity index (χ0n) is 10.1. The Bertz CT molecular complexity index is 478. The molecular weight excluding hydrogens is 212 g/mol. The van der Waals surface area contributed by atoms with E-state index in [2.05, 4.69) is 0 Å². The molecule has 88 valence electrons. The van der Waals surface area contributed by atoms with Crippen molar-refractivity contribution in [1.82, 2.24) is 0 Å². The summed E-state index contributed by atoms with van der Waals surface area (Å²) in [4.78, 5) is 0. The molecule has 17 heavy (non-hydrogen) atoms. The Hall–Kier alpha value is -1.96. The number of methoxy groups -OCH3 is 1. The largest absolute Gasteiger partial charge is 0.493 e. The molecule has 0 unspecified atom stereocenters. The molecule has 0 N–H and O–H groups in total. The Morgan fingerprint density at radius 1 is 0.941 bits per heavy atom. The molecule has 0 radical (unpaired) electrons. The van der Waals surface area contributed by atoms with E-state index in [1.807, 2.05) is 55.5 Å². The highest BCUT2D eigenvalue weighted by Gasteiger charge is 2.04. The standard InChI is InChI=1S/C15H16O2/c1-12-8-9-14(15(10-12)16-2)17-11-13-6-4-3-5-7-13/h3-10H,11H2,1-2H3. The number of benzene rings is 2. The smallest absolute Gasteiger partial charge is 0.161 e. The van der Waals surface area contributed by atoms with Gasteiger partial charge in [0.05, 0.1) is 7.11 Å². The molecule has 0 fully saturated rings. The van der Waals surface area contributed by atoms with E-state index < -0.39 is 0 Å².